The molecular weight excluding hydrogens is 164 g/mol. The van der Waals surface area contributed by atoms with E-state index in [2.05, 4.69) is 10.5 Å². The third-order valence-corrected chi connectivity index (χ3v) is 2.06. The third-order valence-electron chi connectivity index (χ3n) is 2.06. The molecule has 1 aliphatic heterocycles. The summed E-state index contributed by atoms with van der Waals surface area (Å²) in [5.41, 5.74) is 5.19. The molecule has 66 valence electrons. The van der Waals surface area contributed by atoms with E-state index in [1.807, 2.05) is 31.2 Å². The van der Waals surface area contributed by atoms with E-state index in [1.165, 1.54) is 0 Å². The highest BCUT2D eigenvalue weighted by Crippen LogP contribution is 2.12. The topological polar surface area (TPSA) is 41.5 Å². The molecule has 0 fully saturated rings. The van der Waals surface area contributed by atoms with Crippen LogP contribution >= 0.6 is 0 Å². The average Bonchev–Trinajstić information content (AvgIpc) is 2.27. The van der Waals surface area contributed by atoms with Crippen molar-refractivity contribution in [1.82, 2.24) is 5.43 Å². The Hall–Kier alpha value is -1.64. The number of amides is 1. The van der Waals surface area contributed by atoms with Gasteiger partial charge in [0.05, 0.1) is 0 Å². The van der Waals surface area contributed by atoms with Crippen molar-refractivity contribution in [3.63, 3.8) is 0 Å². The van der Waals surface area contributed by atoms with Crippen molar-refractivity contribution in [2.24, 2.45) is 5.10 Å². The number of nitrogens with one attached hydrogen (secondary N) is 1. The Bertz CT molecular complexity index is 382. The van der Waals surface area contributed by atoms with E-state index in [-0.39, 0.29) is 5.91 Å². The van der Waals surface area contributed by atoms with Crippen LogP contribution in [0, 0.1) is 0 Å². The molecule has 2 rings (SSSR count). The lowest BCUT2D eigenvalue weighted by Gasteiger charge is -2.01. The molecule has 0 radical (unpaired) electrons. The molecule has 1 aromatic rings. The molecule has 0 spiro atoms. The molecule has 0 atom stereocenters. The molecule has 0 saturated carbocycles. The number of benzene rings is 1. The molecule has 13 heavy (non-hydrogen) atoms. The fourth-order valence-corrected chi connectivity index (χ4v) is 1.42. The molecule has 1 aromatic carbocycles. The normalized spacial score (nSPS) is 15.5. The summed E-state index contributed by atoms with van der Waals surface area (Å²) in [5.74, 6) is -0.118. The maximum atomic E-state index is 11.4. The van der Waals surface area contributed by atoms with Crippen LogP contribution in [0.1, 0.15) is 22.8 Å². The van der Waals surface area contributed by atoms with Crippen molar-refractivity contribution in [3.8, 4) is 0 Å². The summed E-state index contributed by atoms with van der Waals surface area (Å²) in [7, 11) is 0. The van der Waals surface area contributed by atoms with Crippen LogP contribution < -0.4 is 5.43 Å². The molecule has 3 nitrogen and oxygen atoms in total. The predicted octanol–water partition coefficient (Wildman–Crippen LogP) is 1.35. The summed E-state index contributed by atoms with van der Waals surface area (Å²) in [6, 6.07) is 7.57. The minimum Gasteiger partial charge on any atom is -0.267 e. The quantitative estimate of drug-likeness (QED) is 0.633. The second-order valence-electron chi connectivity index (χ2n) is 3.12. The zero-order valence-corrected chi connectivity index (χ0v) is 7.37. The van der Waals surface area contributed by atoms with Gasteiger partial charge in [0.1, 0.15) is 0 Å². The van der Waals surface area contributed by atoms with E-state index in [0.29, 0.717) is 0 Å². The molecule has 0 saturated heterocycles. The average molecular weight is 174 g/mol. The van der Waals surface area contributed by atoms with Gasteiger partial charge < -0.3 is 0 Å². The van der Waals surface area contributed by atoms with E-state index in [0.717, 1.165) is 23.3 Å². The van der Waals surface area contributed by atoms with Crippen LogP contribution in [0.15, 0.2) is 29.4 Å². The molecule has 1 N–H and O–H groups in total. The van der Waals surface area contributed by atoms with Crippen LogP contribution in [0.4, 0.5) is 0 Å². The first-order valence-corrected chi connectivity index (χ1v) is 4.19. The minimum atomic E-state index is -0.118. The zero-order chi connectivity index (χ0) is 9.26. The van der Waals surface area contributed by atoms with Gasteiger partial charge in [-0.1, -0.05) is 18.2 Å². The van der Waals surface area contributed by atoms with Crippen LogP contribution in [-0.4, -0.2) is 11.6 Å². The molecular formula is C10H10N2O. The minimum absolute atomic E-state index is 0.118. The summed E-state index contributed by atoms with van der Waals surface area (Å²) in [4.78, 5) is 11.4. The van der Waals surface area contributed by atoms with Crippen LogP contribution in [0.2, 0.25) is 0 Å². The van der Waals surface area contributed by atoms with Gasteiger partial charge >= 0.3 is 0 Å². The second-order valence-corrected chi connectivity index (χ2v) is 3.12. The summed E-state index contributed by atoms with van der Waals surface area (Å²) < 4.78 is 0. The lowest BCUT2D eigenvalue weighted by molar-refractivity contribution is 0.0955. The maximum Gasteiger partial charge on any atom is 0.271 e. The van der Waals surface area contributed by atoms with Crippen LogP contribution in [0.3, 0.4) is 0 Å². The van der Waals surface area contributed by atoms with E-state index in [9.17, 15) is 4.79 Å². The highest BCUT2D eigenvalue weighted by molar-refractivity contribution is 6.00. The fourth-order valence-electron chi connectivity index (χ4n) is 1.42. The number of carbonyl (C=O) groups is 1. The number of rotatable bonds is 0. The number of hydrazone groups is 1. The van der Waals surface area contributed by atoms with Crippen LogP contribution in [0.25, 0.3) is 0 Å². The van der Waals surface area contributed by atoms with Crippen molar-refractivity contribution in [1.29, 1.82) is 0 Å². The number of carbonyl (C=O) groups excluding carboxylic acids is 1. The maximum absolute atomic E-state index is 11.4. The Balaban J connectivity index is 2.51. The summed E-state index contributed by atoms with van der Waals surface area (Å²) in [6.45, 7) is 1.91. The first kappa shape index (κ1) is 7.98. The highest BCUT2D eigenvalue weighted by Gasteiger charge is 2.13. The van der Waals surface area contributed by atoms with Crippen molar-refractivity contribution in [3.05, 3.63) is 35.4 Å². The van der Waals surface area contributed by atoms with Crippen LogP contribution in [0.5, 0.6) is 0 Å². The molecule has 1 amide bonds. The summed E-state index contributed by atoms with van der Waals surface area (Å²) >= 11 is 0. The Morgan fingerprint density at radius 3 is 3.00 bits per heavy atom. The number of hydrogen-bond acceptors (Lipinski definition) is 2. The van der Waals surface area contributed by atoms with Gasteiger partial charge in [-0.25, -0.2) is 5.43 Å². The SMILES string of the molecule is CC1=NNC(=O)c2ccccc2C1. The standard InChI is InChI=1S/C10H10N2O/c1-7-6-8-4-2-3-5-9(8)10(13)12-11-7/h2-5H,6H2,1H3,(H,12,13). The summed E-state index contributed by atoms with van der Waals surface area (Å²) in [6.07, 6.45) is 0.745. The molecule has 0 aliphatic carbocycles. The Morgan fingerprint density at radius 1 is 1.38 bits per heavy atom. The van der Waals surface area contributed by atoms with Gasteiger partial charge in [-0.15, -0.1) is 0 Å². The largest absolute Gasteiger partial charge is 0.271 e. The van der Waals surface area contributed by atoms with E-state index in [1.54, 1.807) is 0 Å². The van der Waals surface area contributed by atoms with E-state index >= 15 is 0 Å². The molecule has 0 bridgehead atoms. The molecule has 0 aromatic heterocycles. The Labute approximate surface area is 76.5 Å². The van der Waals surface area contributed by atoms with E-state index in [4.69, 9.17) is 0 Å². The lowest BCUT2D eigenvalue weighted by atomic mass is 10.0. The van der Waals surface area contributed by atoms with Crippen molar-refractivity contribution < 1.29 is 4.79 Å². The van der Waals surface area contributed by atoms with Crippen molar-refractivity contribution >= 4 is 11.6 Å². The van der Waals surface area contributed by atoms with Crippen molar-refractivity contribution in [2.45, 2.75) is 13.3 Å². The number of hydrogen-bond donors (Lipinski definition) is 1. The zero-order valence-electron chi connectivity index (χ0n) is 7.37. The van der Waals surface area contributed by atoms with Gasteiger partial charge in [0.25, 0.3) is 5.91 Å². The van der Waals surface area contributed by atoms with E-state index < -0.39 is 0 Å². The number of nitrogens with zero attached hydrogens (tertiary/aromatic N) is 1. The Morgan fingerprint density at radius 2 is 2.15 bits per heavy atom. The smallest absolute Gasteiger partial charge is 0.267 e. The van der Waals surface area contributed by atoms with Gasteiger partial charge in [-0.2, -0.15) is 5.10 Å². The first-order chi connectivity index (χ1) is 6.27. The monoisotopic (exact) mass is 174 g/mol. The molecule has 0 unspecified atom stereocenters. The first-order valence-electron chi connectivity index (χ1n) is 4.19. The second kappa shape index (κ2) is 3.01. The molecule has 1 aliphatic rings. The van der Waals surface area contributed by atoms with Crippen LogP contribution in [-0.2, 0) is 6.42 Å². The Kier molecular flexibility index (Phi) is 1.85. The lowest BCUT2D eigenvalue weighted by Crippen LogP contribution is -2.16. The molecule has 1 heterocycles. The molecule has 3 heteroatoms. The third kappa shape index (κ3) is 1.45. The van der Waals surface area contributed by atoms with Gasteiger partial charge in [0, 0.05) is 17.7 Å². The fraction of sp³-hybridized carbons (Fsp3) is 0.200. The van der Waals surface area contributed by atoms with Gasteiger partial charge in [-0.05, 0) is 18.6 Å². The number of fused-ring (bicyclic) bond motifs is 1. The van der Waals surface area contributed by atoms with Gasteiger partial charge in [-0.3, -0.25) is 4.79 Å². The van der Waals surface area contributed by atoms with Crippen molar-refractivity contribution in [2.75, 3.05) is 0 Å². The van der Waals surface area contributed by atoms with Gasteiger partial charge in [0.15, 0.2) is 0 Å². The highest BCUT2D eigenvalue weighted by atomic mass is 16.2. The predicted molar refractivity (Wildman–Crippen MR) is 50.7 cm³/mol. The summed E-state index contributed by atoms with van der Waals surface area (Å²) in [5, 5.41) is 3.94. The van der Waals surface area contributed by atoms with Gasteiger partial charge in [0.2, 0.25) is 0 Å².